The van der Waals surface area contributed by atoms with E-state index in [1.807, 2.05) is 36.4 Å². The number of fused-ring (bicyclic) bond motifs is 1. The first-order chi connectivity index (χ1) is 13.6. The Morgan fingerprint density at radius 3 is 2.79 bits per heavy atom. The van der Waals surface area contributed by atoms with Crippen LogP contribution >= 0.6 is 11.6 Å². The zero-order chi connectivity index (χ0) is 19.5. The smallest absolute Gasteiger partial charge is 0.251 e. The van der Waals surface area contributed by atoms with E-state index in [4.69, 9.17) is 21.1 Å². The van der Waals surface area contributed by atoms with Crippen LogP contribution in [0.5, 0.6) is 0 Å². The molecule has 2 atom stereocenters. The molecule has 2 heterocycles. The average Bonchev–Trinajstić information content (AvgIpc) is 2.73. The lowest BCUT2D eigenvalue weighted by Gasteiger charge is -2.31. The summed E-state index contributed by atoms with van der Waals surface area (Å²) in [6.45, 7) is 1.13. The molecular formula is C22H21ClN2O3. The maximum atomic E-state index is 12.7. The van der Waals surface area contributed by atoms with Gasteiger partial charge >= 0.3 is 0 Å². The van der Waals surface area contributed by atoms with Crippen molar-refractivity contribution in [1.82, 2.24) is 10.3 Å². The number of ether oxygens (including phenoxy) is 2. The number of aromatic nitrogens is 1. The quantitative estimate of drug-likeness (QED) is 0.721. The number of pyridine rings is 1. The van der Waals surface area contributed by atoms with Gasteiger partial charge in [-0.25, -0.2) is 0 Å². The van der Waals surface area contributed by atoms with Gasteiger partial charge in [-0.1, -0.05) is 29.8 Å². The van der Waals surface area contributed by atoms with Crippen LogP contribution in [-0.2, 0) is 9.47 Å². The Labute approximate surface area is 168 Å². The van der Waals surface area contributed by atoms with Crippen molar-refractivity contribution in [3.05, 3.63) is 65.4 Å². The predicted molar refractivity (Wildman–Crippen MR) is 110 cm³/mol. The van der Waals surface area contributed by atoms with Gasteiger partial charge in [0, 0.05) is 37.2 Å². The van der Waals surface area contributed by atoms with Gasteiger partial charge in [0.2, 0.25) is 0 Å². The number of nitrogens with zero attached hydrogens (tertiary/aromatic N) is 1. The summed E-state index contributed by atoms with van der Waals surface area (Å²) in [5.41, 5.74) is 2.60. The molecule has 1 aliphatic rings. The number of hydrogen-bond donors (Lipinski definition) is 1. The van der Waals surface area contributed by atoms with E-state index in [9.17, 15) is 4.79 Å². The van der Waals surface area contributed by atoms with Crippen LogP contribution in [-0.4, -0.2) is 43.4 Å². The summed E-state index contributed by atoms with van der Waals surface area (Å²) < 4.78 is 10.9. The Bertz CT molecular complexity index is 1010. The van der Waals surface area contributed by atoms with Gasteiger partial charge in [-0.2, -0.15) is 0 Å². The van der Waals surface area contributed by atoms with Crippen molar-refractivity contribution in [3.63, 3.8) is 0 Å². The fourth-order valence-electron chi connectivity index (χ4n) is 3.52. The number of carbonyl (C=O) groups is 1. The largest absolute Gasteiger partial charge is 0.379 e. The minimum Gasteiger partial charge on any atom is -0.379 e. The summed E-state index contributed by atoms with van der Waals surface area (Å²) in [4.78, 5) is 16.8. The normalized spacial score (nSPS) is 19.5. The van der Waals surface area contributed by atoms with Crippen molar-refractivity contribution in [2.45, 2.75) is 18.6 Å². The summed E-state index contributed by atoms with van der Waals surface area (Å²) in [5.74, 6) is -0.123. The molecule has 1 saturated heterocycles. The van der Waals surface area contributed by atoms with Crippen molar-refractivity contribution >= 4 is 28.3 Å². The molecule has 0 unspecified atom stereocenters. The molecule has 28 heavy (non-hydrogen) atoms. The van der Waals surface area contributed by atoms with Crippen molar-refractivity contribution in [1.29, 1.82) is 0 Å². The second kappa shape index (κ2) is 8.27. The zero-order valence-corrected chi connectivity index (χ0v) is 16.3. The third-order valence-corrected chi connectivity index (χ3v) is 5.26. The van der Waals surface area contributed by atoms with Crippen molar-refractivity contribution in [3.8, 4) is 11.1 Å². The maximum absolute atomic E-state index is 12.7. The Hall–Kier alpha value is -2.47. The molecule has 3 aromatic rings. The van der Waals surface area contributed by atoms with E-state index in [-0.39, 0.29) is 18.1 Å². The number of methoxy groups -OCH3 is 1. The summed E-state index contributed by atoms with van der Waals surface area (Å²) in [6, 6.07) is 13.5. The first-order valence-corrected chi connectivity index (χ1v) is 9.58. The molecule has 0 saturated carbocycles. The lowest BCUT2D eigenvalue weighted by atomic mass is 10.0. The molecule has 144 valence electrons. The van der Waals surface area contributed by atoms with Gasteiger partial charge in [0.05, 0.1) is 23.8 Å². The third kappa shape index (κ3) is 4.02. The van der Waals surface area contributed by atoms with Gasteiger partial charge in [0.25, 0.3) is 5.91 Å². The Morgan fingerprint density at radius 1 is 1.14 bits per heavy atom. The highest BCUT2D eigenvalue weighted by molar-refractivity contribution is 6.30. The molecule has 1 amide bonds. The topological polar surface area (TPSA) is 60.5 Å². The van der Waals surface area contributed by atoms with E-state index in [2.05, 4.69) is 16.4 Å². The number of amides is 1. The van der Waals surface area contributed by atoms with Gasteiger partial charge in [-0.3, -0.25) is 9.78 Å². The molecule has 4 rings (SSSR count). The number of nitrogens with one attached hydrogen (secondary N) is 1. The highest BCUT2D eigenvalue weighted by Gasteiger charge is 2.27. The minimum atomic E-state index is -0.139. The van der Waals surface area contributed by atoms with Crippen LogP contribution in [0.15, 0.2) is 54.9 Å². The fraction of sp³-hybridized carbons (Fsp3) is 0.273. The molecule has 0 bridgehead atoms. The molecule has 1 fully saturated rings. The average molecular weight is 397 g/mol. The van der Waals surface area contributed by atoms with Crippen LogP contribution in [0.25, 0.3) is 21.9 Å². The number of benzene rings is 2. The summed E-state index contributed by atoms with van der Waals surface area (Å²) in [5, 5.41) is 5.68. The second-order valence-corrected chi connectivity index (χ2v) is 7.32. The lowest BCUT2D eigenvalue weighted by Crippen LogP contribution is -2.50. The summed E-state index contributed by atoms with van der Waals surface area (Å²) in [6.07, 6.45) is 4.16. The second-order valence-electron chi connectivity index (χ2n) is 6.89. The van der Waals surface area contributed by atoms with Gasteiger partial charge in [0.15, 0.2) is 0 Å². The van der Waals surface area contributed by atoms with Crippen LogP contribution < -0.4 is 5.32 Å². The summed E-state index contributed by atoms with van der Waals surface area (Å²) in [7, 11) is 1.66. The maximum Gasteiger partial charge on any atom is 0.251 e. The third-order valence-electron chi connectivity index (χ3n) is 5.05. The first-order valence-electron chi connectivity index (χ1n) is 9.20. The van der Waals surface area contributed by atoms with Crippen molar-refractivity contribution in [2.24, 2.45) is 0 Å². The van der Waals surface area contributed by atoms with E-state index in [1.54, 1.807) is 19.5 Å². The van der Waals surface area contributed by atoms with E-state index in [0.29, 0.717) is 23.8 Å². The minimum absolute atomic E-state index is 0.0213. The van der Waals surface area contributed by atoms with E-state index in [1.165, 1.54) is 0 Å². The first kappa shape index (κ1) is 18.9. The fourth-order valence-corrected chi connectivity index (χ4v) is 3.70. The van der Waals surface area contributed by atoms with Crippen molar-refractivity contribution < 1.29 is 14.3 Å². The van der Waals surface area contributed by atoms with E-state index < -0.39 is 0 Å². The molecule has 6 heteroatoms. The van der Waals surface area contributed by atoms with Gasteiger partial charge < -0.3 is 14.8 Å². The Balaban J connectivity index is 1.56. The predicted octanol–water partition coefficient (Wildman–Crippen LogP) is 4.09. The van der Waals surface area contributed by atoms with Crippen LogP contribution in [0.4, 0.5) is 0 Å². The molecule has 0 spiro atoms. The zero-order valence-electron chi connectivity index (χ0n) is 15.5. The van der Waals surface area contributed by atoms with Crippen LogP contribution in [0.3, 0.4) is 0 Å². The van der Waals surface area contributed by atoms with E-state index >= 15 is 0 Å². The summed E-state index contributed by atoms with van der Waals surface area (Å²) >= 11 is 6.04. The highest BCUT2D eigenvalue weighted by Crippen LogP contribution is 2.26. The lowest BCUT2D eigenvalue weighted by molar-refractivity contribution is -0.0349. The van der Waals surface area contributed by atoms with Crippen LogP contribution in [0.2, 0.25) is 5.02 Å². The van der Waals surface area contributed by atoms with Crippen molar-refractivity contribution in [2.75, 3.05) is 20.3 Å². The number of halogens is 1. The Kier molecular flexibility index (Phi) is 5.57. The number of rotatable bonds is 4. The molecule has 1 aliphatic heterocycles. The molecule has 0 aliphatic carbocycles. The molecular weight excluding hydrogens is 376 g/mol. The van der Waals surface area contributed by atoms with Crippen LogP contribution in [0, 0.1) is 0 Å². The van der Waals surface area contributed by atoms with Crippen LogP contribution in [0.1, 0.15) is 16.8 Å². The molecule has 2 aromatic carbocycles. The van der Waals surface area contributed by atoms with Gasteiger partial charge in [-0.05, 0) is 47.0 Å². The number of hydrogen-bond acceptors (Lipinski definition) is 4. The number of carbonyl (C=O) groups excluding carboxylic acids is 1. The SMILES string of the molecule is CO[C@@H]1CCOC[C@H]1NC(=O)c1ccc2cc(-c3cncc(Cl)c3)ccc2c1. The molecule has 5 nitrogen and oxygen atoms in total. The molecule has 1 N–H and O–H groups in total. The Morgan fingerprint density at radius 2 is 1.96 bits per heavy atom. The highest BCUT2D eigenvalue weighted by atomic mass is 35.5. The standard InChI is InChI=1S/C22H21ClN2O3/c1-27-21-6-7-28-13-20(21)25-22(26)17-5-4-14-8-16(3-2-15(14)9-17)18-10-19(23)12-24-11-18/h2-5,8-12,20-21H,6-7,13H2,1H3,(H,25,26)/t20-,21-/m1/s1. The van der Waals surface area contributed by atoms with Gasteiger partial charge in [-0.15, -0.1) is 0 Å². The van der Waals surface area contributed by atoms with Gasteiger partial charge in [0.1, 0.15) is 0 Å². The monoisotopic (exact) mass is 396 g/mol. The van der Waals surface area contributed by atoms with E-state index in [0.717, 1.165) is 28.3 Å². The molecule has 1 aromatic heterocycles. The molecule has 0 radical (unpaired) electrons.